The summed E-state index contributed by atoms with van der Waals surface area (Å²) in [5.41, 5.74) is 1.75. The van der Waals surface area contributed by atoms with Crippen LogP contribution in [0.1, 0.15) is 11.1 Å². The first-order chi connectivity index (χ1) is 8.70. The largest absolute Gasteiger partial charge is 0.504 e. The van der Waals surface area contributed by atoms with E-state index < -0.39 is 0 Å². The van der Waals surface area contributed by atoms with Gasteiger partial charge in [-0.05, 0) is 23.3 Å². The summed E-state index contributed by atoms with van der Waals surface area (Å²) < 4.78 is 4.87. The number of hydrogen-bond acceptors (Lipinski definition) is 3. The first kappa shape index (κ1) is 12.0. The van der Waals surface area contributed by atoms with Gasteiger partial charge in [-0.25, -0.2) is 0 Å². The molecule has 0 atom stereocenters. The van der Waals surface area contributed by atoms with Crippen LogP contribution in [0.5, 0.6) is 17.2 Å². The molecule has 0 aliphatic heterocycles. The molecule has 0 bridgehead atoms. The lowest BCUT2D eigenvalue weighted by Gasteiger charge is -2.06. The van der Waals surface area contributed by atoms with Crippen LogP contribution in [0.15, 0.2) is 42.5 Å². The van der Waals surface area contributed by atoms with E-state index in [1.54, 1.807) is 0 Å². The Morgan fingerprint density at radius 1 is 0.889 bits per heavy atom. The van der Waals surface area contributed by atoms with E-state index in [1.807, 2.05) is 42.5 Å². The van der Waals surface area contributed by atoms with E-state index in [4.69, 9.17) is 4.74 Å². The first-order valence-electron chi connectivity index (χ1n) is 5.54. The summed E-state index contributed by atoms with van der Waals surface area (Å²) in [6, 6.07) is 12.9. The molecule has 0 fully saturated rings. The fraction of sp³-hybridized carbons (Fsp3) is 0.0667. The van der Waals surface area contributed by atoms with Gasteiger partial charge in [-0.15, -0.1) is 0 Å². The average molecular weight is 242 g/mol. The van der Waals surface area contributed by atoms with Crippen molar-refractivity contribution in [2.45, 2.75) is 0 Å². The van der Waals surface area contributed by atoms with Gasteiger partial charge in [0.2, 0.25) is 5.75 Å². The number of rotatable bonds is 3. The van der Waals surface area contributed by atoms with Crippen molar-refractivity contribution in [3.8, 4) is 17.2 Å². The molecule has 0 saturated heterocycles. The number of ether oxygens (including phenoxy) is 1. The van der Waals surface area contributed by atoms with Gasteiger partial charge < -0.3 is 14.9 Å². The number of hydrogen-bond donors (Lipinski definition) is 2. The molecule has 2 N–H and O–H groups in total. The van der Waals surface area contributed by atoms with Crippen molar-refractivity contribution in [2.75, 3.05) is 7.11 Å². The van der Waals surface area contributed by atoms with Gasteiger partial charge in [0, 0.05) is 0 Å². The summed E-state index contributed by atoms with van der Waals surface area (Å²) in [6.45, 7) is 0. The molecule has 2 rings (SSSR count). The number of phenolic OH excluding ortho intramolecular Hbond substituents is 2. The Kier molecular flexibility index (Phi) is 3.53. The number of aromatic hydroxyl groups is 2. The Labute approximate surface area is 106 Å². The molecule has 0 amide bonds. The highest BCUT2D eigenvalue weighted by molar-refractivity contribution is 5.72. The van der Waals surface area contributed by atoms with Gasteiger partial charge in [0.1, 0.15) is 0 Å². The second-order valence-corrected chi connectivity index (χ2v) is 3.84. The zero-order valence-electron chi connectivity index (χ0n) is 10.00. The molecule has 3 nitrogen and oxygen atoms in total. The Morgan fingerprint density at radius 3 is 2.00 bits per heavy atom. The molecule has 18 heavy (non-hydrogen) atoms. The predicted octanol–water partition coefficient (Wildman–Crippen LogP) is 3.28. The van der Waals surface area contributed by atoms with Crippen molar-refractivity contribution < 1.29 is 14.9 Å². The Bertz CT molecular complexity index is 536. The highest BCUT2D eigenvalue weighted by Crippen LogP contribution is 2.36. The maximum Gasteiger partial charge on any atom is 0.202 e. The van der Waals surface area contributed by atoms with E-state index in [0.717, 1.165) is 5.56 Å². The third kappa shape index (κ3) is 2.63. The summed E-state index contributed by atoms with van der Waals surface area (Å²) in [5.74, 6) is -0.0673. The molecule has 0 aliphatic rings. The fourth-order valence-corrected chi connectivity index (χ4v) is 1.68. The second kappa shape index (κ2) is 5.27. The maximum atomic E-state index is 9.65. The fourth-order valence-electron chi connectivity index (χ4n) is 1.68. The normalized spacial score (nSPS) is 10.7. The smallest absolute Gasteiger partial charge is 0.202 e. The lowest BCUT2D eigenvalue weighted by molar-refractivity contribution is 0.344. The van der Waals surface area contributed by atoms with Crippen molar-refractivity contribution in [1.29, 1.82) is 0 Å². The zero-order chi connectivity index (χ0) is 13.0. The minimum absolute atomic E-state index is 0.0785. The van der Waals surface area contributed by atoms with Crippen LogP contribution in [0.4, 0.5) is 0 Å². The van der Waals surface area contributed by atoms with E-state index in [1.165, 1.54) is 19.2 Å². The minimum atomic E-state index is -0.0785. The minimum Gasteiger partial charge on any atom is -0.504 e. The van der Waals surface area contributed by atoms with Crippen LogP contribution in [0, 0.1) is 0 Å². The van der Waals surface area contributed by atoms with Crippen LogP contribution >= 0.6 is 0 Å². The van der Waals surface area contributed by atoms with Gasteiger partial charge in [0.05, 0.1) is 7.11 Å². The monoisotopic (exact) mass is 242 g/mol. The van der Waals surface area contributed by atoms with Gasteiger partial charge in [0.15, 0.2) is 11.5 Å². The summed E-state index contributed by atoms with van der Waals surface area (Å²) in [4.78, 5) is 0. The molecule has 0 radical (unpaired) electrons. The van der Waals surface area contributed by atoms with Crippen molar-refractivity contribution >= 4 is 12.2 Å². The second-order valence-electron chi connectivity index (χ2n) is 3.84. The quantitative estimate of drug-likeness (QED) is 0.812. The number of benzene rings is 2. The van der Waals surface area contributed by atoms with Crippen LogP contribution in [0.3, 0.4) is 0 Å². The molecular formula is C15H14O3. The van der Waals surface area contributed by atoms with Crippen LogP contribution in [-0.4, -0.2) is 17.3 Å². The molecule has 0 unspecified atom stereocenters. The summed E-state index contributed by atoms with van der Waals surface area (Å²) in [6.07, 6.45) is 3.72. The van der Waals surface area contributed by atoms with E-state index in [0.29, 0.717) is 5.56 Å². The third-order valence-corrected chi connectivity index (χ3v) is 2.54. The maximum absolute atomic E-state index is 9.65. The lowest BCUT2D eigenvalue weighted by atomic mass is 10.1. The summed E-state index contributed by atoms with van der Waals surface area (Å²) in [5, 5.41) is 19.3. The lowest BCUT2D eigenvalue weighted by Crippen LogP contribution is -1.85. The molecule has 0 aromatic heterocycles. The highest BCUT2D eigenvalue weighted by atomic mass is 16.5. The first-order valence-corrected chi connectivity index (χ1v) is 5.54. The van der Waals surface area contributed by atoms with Gasteiger partial charge in [-0.3, -0.25) is 0 Å². The standard InChI is InChI=1S/C15H14O3/c1-18-15-13(16)9-12(10-14(15)17)8-7-11-5-3-2-4-6-11/h2-10,16-17H,1H3/b8-7+. The molecule has 0 spiro atoms. The van der Waals surface area contributed by atoms with E-state index in [9.17, 15) is 10.2 Å². The van der Waals surface area contributed by atoms with Crippen LogP contribution in [0.25, 0.3) is 12.2 Å². The third-order valence-electron chi connectivity index (χ3n) is 2.54. The van der Waals surface area contributed by atoms with Crippen molar-refractivity contribution in [2.24, 2.45) is 0 Å². The van der Waals surface area contributed by atoms with E-state index >= 15 is 0 Å². The Hall–Kier alpha value is -2.42. The summed E-state index contributed by atoms with van der Waals surface area (Å²) in [7, 11) is 1.40. The van der Waals surface area contributed by atoms with Gasteiger partial charge in [0.25, 0.3) is 0 Å². The van der Waals surface area contributed by atoms with Gasteiger partial charge in [-0.1, -0.05) is 42.5 Å². The zero-order valence-corrected chi connectivity index (χ0v) is 10.00. The molecule has 2 aromatic rings. The summed E-state index contributed by atoms with van der Waals surface area (Å²) >= 11 is 0. The Balaban J connectivity index is 2.28. The van der Waals surface area contributed by atoms with Crippen molar-refractivity contribution in [1.82, 2.24) is 0 Å². The van der Waals surface area contributed by atoms with Crippen molar-refractivity contribution in [3.05, 3.63) is 53.6 Å². The molecule has 0 heterocycles. The van der Waals surface area contributed by atoms with Crippen LogP contribution < -0.4 is 4.74 Å². The van der Waals surface area contributed by atoms with Gasteiger partial charge >= 0.3 is 0 Å². The van der Waals surface area contributed by atoms with Crippen LogP contribution in [0.2, 0.25) is 0 Å². The predicted molar refractivity (Wildman–Crippen MR) is 71.7 cm³/mol. The topological polar surface area (TPSA) is 49.7 Å². The molecule has 2 aromatic carbocycles. The molecule has 0 saturated carbocycles. The number of methoxy groups -OCH3 is 1. The highest BCUT2D eigenvalue weighted by Gasteiger charge is 2.08. The van der Waals surface area contributed by atoms with E-state index in [2.05, 4.69) is 0 Å². The van der Waals surface area contributed by atoms with Crippen LogP contribution in [-0.2, 0) is 0 Å². The molecule has 3 heteroatoms. The SMILES string of the molecule is COc1c(O)cc(/C=C/c2ccccc2)cc1O. The molecule has 92 valence electrons. The molecule has 0 aliphatic carbocycles. The average Bonchev–Trinajstić information content (AvgIpc) is 2.37. The Morgan fingerprint density at radius 2 is 1.44 bits per heavy atom. The van der Waals surface area contributed by atoms with Gasteiger partial charge in [-0.2, -0.15) is 0 Å². The molecular weight excluding hydrogens is 228 g/mol. The number of phenols is 2. The van der Waals surface area contributed by atoms with E-state index in [-0.39, 0.29) is 17.2 Å². The van der Waals surface area contributed by atoms with Crippen molar-refractivity contribution in [3.63, 3.8) is 0 Å².